The first-order valence-corrected chi connectivity index (χ1v) is 14.0. The Morgan fingerprint density at radius 3 is 2.34 bits per heavy atom. The first kappa shape index (κ1) is 31.4. The Morgan fingerprint density at radius 2 is 1.63 bits per heavy atom. The maximum absolute atomic E-state index is 13.4. The fraction of sp³-hybridized carbons (Fsp3) is 0.364. The number of hydrogen-bond acceptors (Lipinski definition) is 5. The van der Waals surface area contributed by atoms with Crippen molar-refractivity contribution in [1.82, 2.24) is 15.6 Å². The lowest BCUT2D eigenvalue weighted by molar-refractivity contribution is -0.149. The van der Waals surface area contributed by atoms with Crippen LogP contribution in [-0.4, -0.2) is 53.2 Å². The predicted octanol–water partition coefficient (Wildman–Crippen LogP) is 4.25. The molecule has 0 aliphatic rings. The van der Waals surface area contributed by atoms with E-state index in [1.54, 1.807) is 19.1 Å². The van der Waals surface area contributed by atoms with Crippen LogP contribution in [0.1, 0.15) is 37.3 Å². The van der Waals surface area contributed by atoms with Crippen molar-refractivity contribution in [2.45, 2.75) is 51.1 Å². The molecule has 0 aliphatic carbocycles. The zero-order chi connectivity index (χ0) is 29.6. The van der Waals surface area contributed by atoms with Crippen LogP contribution in [-0.2, 0) is 32.0 Å². The molecule has 0 aliphatic heterocycles. The normalized spacial score (nSPS) is 13.9. The van der Waals surface area contributed by atoms with E-state index in [-0.39, 0.29) is 37.4 Å². The minimum absolute atomic E-state index is 0.0267. The smallest absolute Gasteiger partial charge is 0.309 e. The van der Waals surface area contributed by atoms with Crippen LogP contribution < -0.4 is 10.6 Å². The number of nitrogens with one attached hydrogen (secondary N) is 3. The number of rotatable bonds is 17. The highest BCUT2D eigenvalue weighted by atomic mass is 16.5. The van der Waals surface area contributed by atoms with Gasteiger partial charge in [0.15, 0.2) is 0 Å². The van der Waals surface area contributed by atoms with E-state index in [1.165, 1.54) is 0 Å². The molecule has 8 heteroatoms. The lowest BCUT2D eigenvalue weighted by Crippen LogP contribution is -2.45. The van der Waals surface area contributed by atoms with Gasteiger partial charge in [0.05, 0.1) is 24.5 Å². The second kappa shape index (κ2) is 16.2. The molecule has 1 heterocycles. The summed E-state index contributed by atoms with van der Waals surface area (Å²) < 4.78 is 5.80. The number of hydrogen-bond donors (Lipinski definition) is 4. The number of aromatic nitrogens is 1. The van der Waals surface area contributed by atoms with E-state index in [0.717, 1.165) is 22.0 Å². The zero-order valence-electron chi connectivity index (χ0n) is 23.7. The van der Waals surface area contributed by atoms with Gasteiger partial charge < -0.3 is 25.5 Å². The van der Waals surface area contributed by atoms with E-state index in [0.29, 0.717) is 25.7 Å². The van der Waals surface area contributed by atoms with Gasteiger partial charge in [0, 0.05) is 29.6 Å². The maximum Gasteiger partial charge on any atom is 0.309 e. The van der Waals surface area contributed by atoms with Crippen LogP contribution >= 0.6 is 0 Å². The number of aliphatic hydroxyl groups excluding tert-OH is 1. The Morgan fingerprint density at radius 1 is 0.951 bits per heavy atom. The van der Waals surface area contributed by atoms with Gasteiger partial charge in [0.25, 0.3) is 0 Å². The van der Waals surface area contributed by atoms with Crippen LogP contribution in [0, 0.1) is 11.8 Å². The molecule has 4 N–H and O–H groups in total. The molecule has 0 fully saturated rings. The van der Waals surface area contributed by atoms with Gasteiger partial charge in [-0.15, -0.1) is 13.2 Å². The minimum atomic E-state index is -0.661. The summed E-state index contributed by atoms with van der Waals surface area (Å²) in [5, 5.41) is 16.0. The van der Waals surface area contributed by atoms with Crippen molar-refractivity contribution in [3.8, 4) is 0 Å². The molecule has 2 aromatic carbocycles. The number of ether oxygens (including phenoxy) is 1. The summed E-state index contributed by atoms with van der Waals surface area (Å²) in [7, 11) is 0. The summed E-state index contributed by atoms with van der Waals surface area (Å²) in [4.78, 5) is 42.3. The van der Waals surface area contributed by atoms with E-state index >= 15 is 0 Å². The van der Waals surface area contributed by atoms with E-state index < -0.39 is 23.9 Å². The third kappa shape index (κ3) is 9.76. The lowest BCUT2D eigenvalue weighted by atomic mass is 9.96. The van der Waals surface area contributed by atoms with Crippen LogP contribution in [0.25, 0.3) is 10.9 Å². The first-order chi connectivity index (χ1) is 19.8. The van der Waals surface area contributed by atoms with Gasteiger partial charge in [-0.25, -0.2) is 0 Å². The minimum Gasteiger partial charge on any atom is -0.463 e. The monoisotopic (exact) mass is 559 g/mol. The molecule has 1 aromatic heterocycles. The number of para-hydroxylation sites is 1. The van der Waals surface area contributed by atoms with E-state index in [4.69, 9.17) is 4.74 Å². The zero-order valence-corrected chi connectivity index (χ0v) is 23.7. The number of carbonyl (C=O) groups excluding carboxylic acids is 3. The Kier molecular flexibility index (Phi) is 12.4. The van der Waals surface area contributed by atoms with Crippen LogP contribution in [0.4, 0.5) is 0 Å². The summed E-state index contributed by atoms with van der Waals surface area (Å²) in [6.45, 7) is 9.00. The molecule has 8 nitrogen and oxygen atoms in total. The van der Waals surface area contributed by atoms with Crippen LogP contribution in [0.5, 0.6) is 0 Å². The van der Waals surface area contributed by atoms with Gasteiger partial charge in [-0.2, -0.15) is 0 Å². The second-order valence-electron chi connectivity index (χ2n) is 10.4. The Balaban J connectivity index is 1.75. The molecule has 0 bridgehead atoms. The van der Waals surface area contributed by atoms with Gasteiger partial charge in [-0.3, -0.25) is 14.4 Å². The van der Waals surface area contributed by atoms with Gasteiger partial charge in [-0.05, 0) is 49.8 Å². The molecule has 0 saturated heterocycles. The van der Waals surface area contributed by atoms with Gasteiger partial charge in [-0.1, -0.05) is 60.7 Å². The summed E-state index contributed by atoms with van der Waals surface area (Å²) in [5.74, 6) is -2.07. The van der Waals surface area contributed by atoms with Crippen LogP contribution in [0.3, 0.4) is 0 Å². The molecular formula is C33H41N3O5. The number of benzene rings is 2. The van der Waals surface area contributed by atoms with Gasteiger partial charge in [0.2, 0.25) is 11.8 Å². The van der Waals surface area contributed by atoms with E-state index in [1.807, 2.05) is 60.8 Å². The summed E-state index contributed by atoms with van der Waals surface area (Å²) in [6, 6.07) is 16.7. The second-order valence-corrected chi connectivity index (χ2v) is 10.4. The molecule has 218 valence electrons. The molecule has 3 rings (SSSR count). The third-order valence-corrected chi connectivity index (χ3v) is 6.96. The first-order valence-electron chi connectivity index (χ1n) is 14.0. The summed E-state index contributed by atoms with van der Waals surface area (Å²) in [5.41, 5.74) is 2.97. The summed E-state index contributed by atoms with van der Waals surface area (Å²) >= 11 is 0. The number of aromatic amines is 1. The van der Waals surface area contributed by atoms with E-state index in [9.17, 15) is 19.5 Å². The van der Waals surface area contributed by atoms with Gasteiger partial charge in [0.1, 0.15) is 6.61 Å². The van der Waals surface area contributed by atoms with E-state index in [2.05, 4.69) is 28.8 Å². The van der Waals surface area contributed by atoms with Crippen molar-refractivity contribution in [3.63, 3.8) is 0 Å². The molecule has 4 atom stereocenters. The third-order valence-electron chi connectivity index (χ3n) is 6.96. The molecule has 0 radical (unpaired) electrons. The Labute approximate surface area is 241 Å². The van der Waals surface area contributed by atoms with Crippen molar-refractivity contribution in [2.75, 3.05) is 13.2 Å². The van der Waals surface area contributed by atoms with Gasteiger partial charge >= 0.3 is 5.97 Å². The SMILES string of the molecule is C=CC[C@H](CC(=O)N[C@@H](C)CO)C(=O)N[C@H](COC(=O)[C@@H](CC=C)Cc1ccccc1)Cc1c[nH]c2ccccc12. The van der Waals surface area contributed by atoms with Crippen molar-refractivity contribution in [2.24, 2.45) is 11.8 Å². The van der Waals surface area contributed by atoms with Crippen molar-refractivity contribution in [1.29, 1.82) is 0 Å². The topological polar surface area (TPSA) is 121 Å². The average molecular weight is 560 g/mol. The fourth-order valence-corrected chi connectivity index (χ4v) is 4.79. The highest BCUT2D eigenvalue weighted by Gasteiger charge is 2.26. The molecule has 0 spiro atoms. The van der Waals surface area contributed by atoms with Crippen LogP contribution in [0.15, 0.2) is 86.1 Å². The molecule has 3 aromatic rings. The Hall–Kier alpha value is -4.17. The van der Waals surface area contributed by atoms with Crippen molar-refractivity contribution < 1.29 is 24.2 Å². The fourth-order valence-electron chi connectivity index (χ4n) is 4.79. The highest BCUT2D eigenvalue weighted by Crippen LogP contribution is 2.21. The Bertz CT molecular complexity index is 1300. The number of amides is 2. The van der Waals surface area contributed by atoms with Crippen LogP contribution in [0.2, 0.25) is 0 Å². The predicted molar refractivity (Wildman–Crippen MR) is 161 cm³/mol. The largest absolute Gasteiger partial charge is 0.463 e. The standard InChI is InChI=1S/C33H41N3O5/c1-4-11-25(19-31(38)35-23(3)21-37)32(39)36-28(18-27-20-34-30-16-10-9-15-29(27)30)22-41-33(40)26(12-5-2)17-24-13-7-6-8-14-24/h4-10,13-16,20,23,25-26,28,34,37H,1-2,11-12,17-19,21-22H2,3H3,(H,35,38)(H,36,39)/t23-,25+,26-,28-/m0/s1. The maximum atomic E-state index is 13.4. The quantitative estimate of drug-likeness (QED) is 0.146. The molecule has 0 saturated carbocycles. The molecule has 0 unspecified atom stereocenters. The number of esters is 1. The van der Waals surface area contributed by atoms with Crippen molar-refractivity contribution >= 4 is 28.7 Å². The number of aliphatic hydroxyl groups is 1. The number of fused-ring (bicyclic) bond motifs is 1. The highest BCUT2D eigenvalue weighted by molar-refractivity contribution is 5.86. The lowest BCUT2D eigenvalue weighted by Gasteiger charge is -2.23. The molecule has 2 amide bonds. The number of H-pyrrole nitrogens is 1. The van der Waals surface area contributed by atoms with Crippen molar-refractivity contribution in [3.05, 3.63) is 97.2 Å². The number of carbonyl (C=O) groups is 3. The average Bonchev–Trinajstić information content (AvgIpc) is 3.38. The summed E-state index contributed by atoms with van der Waals surface area (Å²) in [6.07, 6.45) is 6.86. The molecular weight excluding hydrogens is 518 g/mol. The number of allylic oxidation sites excluding steroid dienone is 2. The molecule has 41 heavy (non-hydrogen) atoms.